The molecule has 0 aliphatic carbocycles. The van der Waals surface area contributed by atoms with Gasteiger partial charge in [0.15, 0.2) is 0 Å². The predicted octanol–water partition coefficient (Wildman–Crippen LogP) is 3.07. The lowest BCUT2D eigenvalue weighted by Crippen LogP contribution is -2.37. The summed E-state index contributed by atoms with van der Waals surface area (Å²) in [7, 11) is 0. The molecule has 4 rings (SSSR count). The van der Waals surface area contributed by atoms with Gasteiger partial charge in [-0.3, -0.25) is 4.79 Å². The van der Waals surface area contributed by atoms with Crippen LogP contribution in [0.4, 0.5) is 15.9 Å². The number of rotatable bonds is 3. The zero-order chi connectivity index (χ0) is 19.0. The Kier molecular flexibility index (Phi) is 4.49. The average Bonchev–Trinajstić information content (AvgIpc) is 2.97. The molecule has 2 aromatic heterocycles. The van der Waals surface area contributed by atoms with E-state index in [1.807, 2.05) is 0 Å². The topological polar surface area (TPSA) is 80.5 Å². The van der Waals surface area contributed by atoms with Crippen LogP contribution >= 0.6 is 0 Å². The molecule has 0 spiro atoms. The number of benzene rings is 1. The SMILES string of the molecule is Cc1nc(N2CCOCC2)c2c(C(=O)Nc3cccc(F)c3)c(C)oc2n1. The molecule has 1 aliphatic heterocycles. The maximum absolute atomic E-state index is 13.4. The number of fused-ring (bicyclic) bond motifs is 1. The van der Waals surface area contributed by atoms with E-state index in [0.717, 1.165) is 0 Å². The Morgan fingerprint density at radius 3 is 2.74 bits per heavy atom. The molecule has 0 unspecified atom stereocenters. The summed E-state index contributed by atoms with van der Waals surface area (Å²) in [5.74, 6) is 0.846. The molecular weight excluding hydrogens is 351 g/mol. The first kappa shape index (κ1) is 17.4. The van der Waals surface area contributed by atoms with E-state index < -0.39 is 5.82 Å². The number of morpholine rings is 1. The van der Waals surface area contributed by atoms with Crippen molar-refractivity contribution < 1.29 is 18.3 Å². The summed E-state index contributed by atoms with van der Waals surface area (Å²) in [6.07, 6.45) is 0. The highest BCUT2D eigenvalue weighted by molar-refractivity contribution is 6.15. The molecule has 1 amide bonds. The molecule has 1 saturated heterocycles. The number of anilines is 2. The number of furan rings is 1. The van der Waals surface area contributed by atoms with Gasteiger partial charge < -0.3 is 19.4 Å². The fraction of sp³-hybridized carbons (Fsp3) is 0.316. The highest BCUT2D eigenvalue weighted by atomic mass is 19.1. The van der Waals surface area contributed by atoms with Gasteiger partial charge in [-0.15, -0.1) is 0 Å². The monoisotopic (exact) mass is 370 g/mol. The highest BCUT2D eigenvalue weighted by Gasteiger charge is 2.26. The van der Waals surface area contributed by atoms with Crippen LogP contribution in [0.1, 0.15) is 21.9 Å². The summed E-state index contributed by atoms with van der Waals surface area (Å²) < 4.78 is 24.6. The second-order valence-electron chi connectivity index (χ2n) is 6.37. The number of nitrogens with zero attached hydrogens (tertiary/aromatic N) is 3. The quantitative estimate of drug-likeness (QED) is 0.763. The fourth-order valence-corrected chi connectivity index (χ4v) is 3.23. The second-order valence-corrected chi connectivity index (χ2v) is 6.37. The minimum atomic E-state index is -0.422. The Labute approximate surface area is 155 Å². The summed E-state index contributed by atoms with van der Waals surface area (Å²) in [4.78, 5) is 23.9. The first-order valence-electron chi connectivity index (χ1n) is 8.70. The van der Waals surface area contributed by atoms with Crippen LogP contribution in [0.3, 0.4) is 0 Å². The van der Waals surface area contributed by atoms with Crippen LogP contribution in [0, 0.1) is 19.7 Å². The van der Waals surface area contributed by atoms with E-state index in [2.05, 4.69) is 20.2 Å². The molecule has 1 aromatic carbocycles. The molecule has 7 nitrogen and oxygen atoms in total. The minimum absolute atomic E-state index is 0.357. The van der Waals surface area contributed by atoms with E-state index >= 15 is 0 Å². The van der Waals surface area contributed by atoms with E-state index in [1.165, 1.54) is 18.2 Å². The summed E-state index contributed by atoms with van der Waals surface area (Å²) in [5, 5.41) is 3.29. The van der Waals surface area contributed by atoms with Gasteiger partial charge in [0.05, 0.1) is 24.2 Å². The average molecular weight is 370 g/mol. The Balaban J connectivity index is 1.80. The van der Waals surface area contributed by atoms with Crippen LogP contribution in [0.15, 0.2) is 28.7 Å². The van der Waals surface area contributed by atoms with Gasteiger partial charge in [-0.2, -0.15) is 4.98 Å². The van der Waals surface area contributed by atoms with Crippen molar-refractivity contribution in [2.45, 2.75) is 13.8 Å². The molecule has 0 atom stereocenters. The largest absolute Gasteiger partial charge is 0.442 e. The number of amides is 1. The van der Waals surface area contributed by atoms with E-state index in [1.54, 1.807) is 19.9 Å². The lowest BCUT2D eigenvalue weighted by molar-refractivity contribution is 0.102. The third kappa shape index (κ3) is 3.35. The highest BCUT2D eigenvalue weighted by Crippen LogP contribution is 2.33. The standard InChI is InChI=1S/C19H19FN4O3/c1-11-15(18(25)23-14-5-3-4-13(20)10-14)16-17(24-6-8-26-9-7-24)21-12(2)22-19(16)27-11/h3-5,10H,6-9H2,1-2H3,(H,23,25). The zero-order valence-electron chi connectivity index (χ0n) is 15.1. The third-order valence-electron chi connectivity index (χ3n) is 4.44. The zero-order valence-corrected chi connectivity index (χ0v) is 15.1. The van der Waals surface area contributed by atoms with Crippen molar-refractivity contribution in [3.63, 3.8) is 0 Å². The van der Waals surface area contributed by atoms with Gasteiger partial charge in [0, 0.05) is 18.8 Å². The Bertz CT molecular complexity index is 1010. The number of aryl methyl sites for hydroxylation is 2. The van der Waals surface area contributed by atoms with Crippen molar-refractivity contribution in [3.05, 3.63) is 47.2 Å². The second kappa shape index (κ2) is 6.96. The van der Waals surface area contributed by atoms with Crippen molar-refractivity contribution in [1.29, 1.82) is 0 Å². The first-order valence-corrected chi connectivity index (χ1v) is 8.70. The van der Waals surface area contributed by atoms with Gasteiger partial charge in [0.25, 0.3) is 5.91 Å². The molecule has 27 heavy (non-hydrogen) atoms. The summed E-state index contributed by atoms with van der Waals surface area (Å²) >= 11 is 0. The first-order chi connectivity index (χ1) is 13.0. The number of nitrogens with one attached hydrogen (secondary N) is 1. The molecule has 1 fully saturated rings. The van der Waals surface area contributed by atoms with Crippen LogP contribution in [0.2, 0.25) is 0 Å². The lowest BCUT2D eigenvalue weighted by atomic mass is 10.1. The van der Waals surface area contributed by atoms with Crippen LogP contribution in [-0.4, -0.2) is 42.2 Å². The molecular formula is C19H19FN4O3. The van der Waals surface area contributed by atoms with Crippen molar-refractivity contribution in [1.82, 2.24) is 9.97 Å². The number of aromatic nitrogens is 2. The van der Waals surface area contributed by atoms with Crippen LogP contribution < -0.4 is 10.2 Å². The molecule has 0 saturated carbocycles. The number of halogens is 1. The van der Waals surface area contributed by atoms with Crippen molar-refractivity contribution >= 4 is 28.5 Å². The van der Waals surface area contributed by atoms with Crippen molar-refractivity contribution in [2.24, 2.45) is 0 Å². The number of carbonyl (C=O) groups excluding carboxylic acids is 1. The number of hydrogen-bond acceptors (Lipinski definition) is 6. The van der Waals surface area contributed by atoms with E-state index in [9.17, 15) is 9.18 Å². The predicted molar refractivity (Wildman–Crippen MR) is 98.7 cm³/mol. The van der Waals surface area contributed by atoms with Gasteiger partial charge in [0.2, 0.25) is 5.71 Å². The summed E-state index contributed by atoms with van der Waals surface area (Å²) in [6.45, 7) is 6.01. The number of hydrogen-bond donors (Lipinski definition) is 1. The van der Waals surface area contributed by atoms with Crippen LogP contribution in [0.5, 0.6) is 0 Å². The normalized spacial score (nSPS) is 14.6. The van der Waals surface area contributed by atoms with E-state index in [-0.39, 0.29) is 5.91 Å². The summed E-state index contributed by atoms with van der Waals surface area (Å²) in [6, 6.07) is 5.75. The smallest absolute Gasteiger partial charge is 0.260 e. The van der Waals surface area contributed by atoms with Crippen molar-refractivity contribution in [3.8, 4) is 0 Å². The molecule has 140 valence electrons. The molecule has 3 heterocycles. The van der Waals surface area contributed by atoms with Gasteiger partial charge in [-0.25, -0.2) is 9.37 Å². The Morgan fingerprint density at radius 2 is 2.00 bits per heavy atom. The third-order valence-corrected chi connectivity index (χ3v) is 4.44. The Hall–Kier alpha value is -3.00. The molecule has 1 N–H and O–H groups in total. The maximum Gasteiger partial charge on any atom is 0.260 e. The fourth-order valence-electron chi connectivity index (χ4n) is 3.23. The molecule has 8 heteroatoms. The van der Waals surface area contributed by atoms with Gasteiger partial charge in [0.1, 0.15) is 23.2 Å². The van der Waals surface area contributed by atoms with Crippen LogP contribution in [-0.2, 0) is 4.74 Å². The molecule has 0 radical (unpaired) electrons. The number of ether oxygens (including phenoxy) is 1. The van der Waals surface area contributed by atoms with Gasteiger partial charge in [-0.05, 0) is 32.0 Å². The molecule has 3 aromatic rings. The molecule has 0 bridgehead atoms. The molecule has 1 aliphatic rings. The van der Waals surface area contributed by atoms with Crippen LogP contribution in [0.25, 0.3) is 11.1 Å². The van der Waals surface area contributed by atoms with Gasteiger partial charge >= 0.3 is 0 Å². The minimum Gasteiger partial charge on any atom is -0.442 e. The van der Waals surface area contributed by atoms with E-state index in [0.29, 0.717) is 66.1 Å². The maximum atomic E-state index is 13.4. The van der Waals surface area contributed by atoms with E-state index in [4.69, 9.17) is 9.15 Å². The van der Waals surface area contributed by atoms with Crippen molar-refractivity contribution in [2.75, 3.05) is 36.5 Å². The lowest BCUT2D eigenvalue weighted by Gasteiger charge is -2.28. The Morgan fingerprint density at radius 1 is 1.22 bits per heavy atom. The summed E-state index contributed by atoms with van der Waals surface area (Å²) in [5.41, 5.74) is 1.09. The van der Waals surface area contributed by atoms with Gasteiger partial charge in [-0.1, -0.05) is 6.07 Å². The number of carbonyl (C=O) groups is 1.